The van der Waals surface area contributed by atoms with Gasteiger partial charge in [-0.1, -0.05) is 97.0 Å². The number of fused-ring (bicyclic) bond motifs is 2. The molecule has 202 valence electrons. The predicted molar refractivity (Wildman–Crippen MR) is 166 cm³/mol. The largest absolute Gasteiger partial charge is 0.439 e. The summed E-state index contributed by atoms with van der Waals surface area (Å²) in [6, 6.07) is 30.0. The van der Waals surface area contributed by atoms with Crippen LogP contribution < -0.4 is 0 Å². The highest BCUT2D eigenvalue weighted by Gasteiger charge is 2.27. The summed E-state index contributed by atoms with van der Waals surface area (Å²) in [6.07, 6.45) is 0. The second-order valence-electron chi connectivity index (χ2n) is 12.4. The quantitative estimate of drug-likeness (QED) is 0.224. The average molecular weight is 528 g/mol. The fourth-order valence-corrected chi connectivity index (χ4v) is 5.49. The Morgan fingerprint density at radius 3 is 1.95 bits per heavy atom. The van der Waals surface area contributed by atoms with Crippen LogP contribution in [0.15, 0.2) is 89.3 Å². The smallest absolute Gasteiger partial charge is 0.200 e. The molecule has 0 fully saturated rings. The Balaban J connectivity index is 1.71. The molecule has 0 saturated carbocycles. The average Bonchev–Trinajstić information content (AvgIpc) is 3.55. The van der Waals surface area contributed by atoms with Gasteiger partial charge in [-0.25, -0.2) is 9.97 Å². The van der Waals surface area contributed by atoms with Crippen LogP contribution in [0.2, 0.25) is 0 Å². The lowest BCUT2D eigenvalue weighted by Gasteiger charge is -2.24. The minimum atomic E-state index is -0.195. The van der Waals surface area contributed by atoms with Gasteiger partial charge in [-0.2, -0.15) is 0 Å². The van der Waals surface area contributed by atoms with E-state index in [-0.39, 0.29) is 5.41 Å². The van der Waals surface area contributed by atoms with Crippen molar-refractivity contribution >= 4 is 22.1 Å². The van der Waals surface area contributed by atoms with Gasteiger partial charge in [-0.05, 0) is 70.5 Å². The van der Waals surface area contributed by atoms with E-state index in [1.54, 1.807) is 0 Å². The summed E-state index contributed by atoms with van der Waals surface area (Å²) in [5.41, 5.74) is 10.7. The van der Waals surface area contributed by atoms with Gasteiger partial charge in [0.1, 0.15) is 11.3 Å². The van der Waals surface area contributed by atoms with Crippen LogP contribution in [0.3, 0.4) is 0 Å². The first kappa shape index (κ1) is 26.1. The fraction of sp³-hybridized carbons (Fsp3) is 0.278. The molecule has 4 nitrogen and oxygen atoms in total. The Morgan fingerprint density at radius 1 is 0.675 bits per heavy atom. The van der Waals surface area contributed by atoms with Gasteiger partial charge >= 0.3 is 0 Å². The molecule has 2 heterocycles. The van der Waals surface area contributed by atoms with Crippen molar-refractivity contribution in [2.45, 2.75) is 65.7 Å². The van der Waals surface area contributed by atoms with Crippen LogP contribution in [0, 0.1) is 0 Å². The molecule has 0 amide bonds. The number of benzene rings is 4. The van der Waals surface area contributed by atoms with E-state index in [2.05, 4.69) is 132 Å². The summed E-state index contributed by atoms with van der Waals surface area (Å²) < 4.78 is 8.84. The van der Waals surface area contributed by atoms with Crippen LogP contribution in [0.1, 0.15) is 77.3 Å². The minimum Gasteiger partial charge on any atom is -0.439 e. The van der Waals surface area contributed by atoms with E-state index in [1.165, 1.54) is 27.9 Å². The normalized spacial score (nSPS) is 12.3. The predicted octanol–water partition coefficient (Wildman–Crippen LogP) is 10.0. The number of hydrogen-bond donors (Lipinski definition) is 0. The SMILES string of the molecule is CC(C)c1cc(-c2ccccc2)cc(C(C)C)c1-n1c(-c2cccc3nc(C(C)(C)C)oc23)nc2ccccc21. The molecule has 0 spiro atoms. The van der Waals surface area contributed by atoms with Crippen molar-refractivity contribution < 1.29 is 4.42 Å². The van der Waals surface area contributed by atoms with Gasteiger partial charge in [-0.15, -0.1) is 0 Å². The van der Waals surface area contributed by atoms with Crippen LogP contribution in [-0.4, -0.2) is 14.5 Å². The monoisotopic (exact) mass is 527 g/mol. The molecule has 0 bridgehead atoms. The minimum absolute atomic E-state index is 0.195. The van der Waals surface area contributed by atoms with Crippen molar-refractivity contribution in [3.63, 3.8) is 0 Å². The van der Waals surface area contributed by atoms with Gasteiger partial charge in [-0.3, -0.25) is 4.57 Å². The number of hydrogen-bond acceptors (Lipinski definition) is 3. The first-order chi connectivity index (χ1) is 19.1. The summed E-state index contributed by atoms with van der Waals surface area (Å²) in [7, 11) is 0. The third-order valence-electron chi connectivity index (χ3n) is 7.60. The summed E-state index contributed by atoms with van der Waals surface area (Å²) in [5.74, 6) is 2.22. The molecule has 6 aromatic rings. The van der Waals surface area contributed by atoms with E-state index in [4.69, 9.17) is 14.4 Å². The third kappa shape index (κ3) is 4.42. The zero-order chi connectivity index (χ0) is 28.2. The van der Waals surface area contributed by atoms with Crippen molar-refractivity contribution in [2.24, 2.45) is 0 Å². The zero-order valence-corrected chi connectivity index (χ0v) is 24.5. The third-order valence-corrected chi connectivity index (χ3v) is 7.60. The summed E-state index contributed by atoms with van der Waals surface area (Å²) in [4.78, 5) is 10.1. The molecule has 0 atom stereocenters. The number of rotatable bonds is 5. The molecule has 0 unspecified atom stereocenters. The summed E-state index contributed by atoms with van der Waals surface area (Å²) in [6.45, 7) is 15.5. The molecule has 0 saturated heterocycles. The maximum atomic E-state index is 6.47. The Morgan fingerprint density at radius 2 is 1.30 bits per heavy atom. The topological polar surface area (TPSA) is 43.9 Å². The van der Waals surface area contributed by atoms with Crippen molar-refractivity contribution in [1.82, 2.24) is 14.5 Å². The summed E-state index contributed by atoms with van der Waals surface area (Å²) >= 11 is 0. The van der Waals surface area contributed by atoms with Gasteiger partial charge in [0.25, 0.3) is 0 Å². The first-order valence-corrected chi connectivity index (χ1v) is 14.2. The van der Waals surface area contributed by atoms with Gasteiger partial charge in [0.2, 0.25) is 5.89 Å². The number of aromatic nitrogens is 3. The van der Waals surface area contributed by atoms with Crippen molar-refractivity contribution in [3.05, 3.63) is 102 Å². The van der Waals surface area contributed by atoms with E-state index in [0.717, 1.165) is 39.4 Å². The second kappa shape index (κ2) is 9.78. The molecule has 4 aromatic carbocycles. The molecule has 4 heteroatoms. The Kier molecular flexibility index (Phi) is 6.37. The summed E-state index contributed by atoms with van der Waals surface area (Å²) in [5, 5.41) is 0. The Labute approximate surface area is 236 Å². The number of nitrogens with zero attached hydrogens (tertiary/aromatic N) is 3. The molecule has 0 aliphatic rings. The molecule has 0 aliphatic heterocycles. The van der Waals surface area contributed by atoms with E-state index >= 15 is 0 Å². The molecule has 0 N–H and O–H groups in total. The van der Waals surface area contributed by atoms with Gasteiger partial charge in [0.15, 0.2) is 5.58 Å². The molecule has 0 radical (unpaired) electrons. The second-order valence-corrected chi connectivity index (χ2v) is 12.4. The van der Waals surface area contributed by atoms with E-state index in [0.29, 0.717) is 11.8 Å². The zero-order valence-electron chi connectivity index (χ0n) is 24.5. The molecular weight excluding hydrogens is 490 g/mol. The molecule has 0 aliphatic carbocycles. The maximum absolute atomic E-state index is 6.47. The van der Waals surface area contributed by atoms with Crippen LogP contribution in [-0.2, 0) is 5.41 Å². The van der Waals surface area contributed by atoms with E-state index < -0.39 is 0 Å². The maximum Gasteiger partial charge on any atom is 0.200 e. The highest BCUT2D eigenvalue weighted by atomic mass is 16.3. The van der Waals surface area contributed by atoms with Gasteiger partial charge < -0.3 is 4.42 Å². The molecule has 40 heavy (non-hydrogen) atoms. The van der Waals surface area contributed by atoms with Gasteiger partial charge in [0, 0.05) is 5.41 Å². The van der Waals surface area contributed by atoms with Gasteiger partial charge in [0.05, 0.1) is 22.3 Å². The number of oxazole rings is 1. The van der Waals surface area contributed by atoms with Crippen molar-refractivity contribution in [3.8, 4) is 28.2 Å². The number of imidazole rings is 1. The Bertz CT molecular complexity index is 1800. The van der Waals surface area contributed by atoms with E-state index in [9.17, 15) is 0 Å². The number of para-hydroxylation sites is 3. The lowest BCUT2D eigenvalue weighted by molar-refractivity contribution is 0.411. The first-order valence-electron chi connectivity index (χ1n) is 14.2. The van der Waals surface area contributed by atoms with Crippen molar-refractivity contribution in [1.29, 1.82) is 0 Å². The molecular formula is C36H37N3O. The van der Waals surface area contributed by atoms with Crippen LogP contribution in [0.25, 0.3) is 50.3 Å². The van der Waals surface area contributed by atoms with Crippen LogP contribution in [0.5, 0.6) is 0 Å². The highest BCUT2D eigenvalue weighted by Crippen LogP contribution is 2.41. The highest BCUT2D eigenvalue weighted by molar-refractivity contribution is 5.93. The van der Waals surface area contributed by atoms with Crippen molar-refractivity contribution in [2.75, 3.05) is 0 Å². The fourth-order valence-electron chi connectivity index (χ4n) is 5.49. The van der Waals surface area contributed by atoms with Crippen LogP contribution in [0.4, 0.5) is 0 Å². The standard InChI is InChI=1S/C36H37N3O/c1-22(2)27-20-25(24-14-9-8-10-15-24)21-28(23(3)4)32(27)39-31-19-12-11-17-29(31)37-34(39)26-16-13-18-30-33(26)40-35(38-30)36(5,6)7/h8-23H,1-7H3. The molecule has 2 aromatic heterocycles. The lowest BCUT2D eigenvalue weighted by Crippen LogP contribution is -2.11. The van der Waals surface area contributed by atoms with Crippen LogP contribution >= 0.6 is 0 Å². The Hall–Kier alpha value is -4.18. The lowest BCUT2D eigenvalue weighted by atomic mass is 9.88. The molecule has 6 rings (SSSR count). The van der Waals surface area contributed by atoms with E-state index in [1.807, 2.05) is 6.07 Å².